The summed E-state index contributed by atoms with van der Waals surface area (Å²) in [5.41, 5.74) is 2.91. The second-order valence-corrected chi connectivity index (χ2v) is 8.08. The lowest BCUT2D eigenvalue weighted by Crippen LogP contribution is -2.29. The fourth-order valence-corrected chi connectivity index (χ4v) is 4.05. The van der Waals surface area contributed by atoms with Crippen molar-refractivity contribution in [2.45, 2.75) is 19.5 Å². The number of amides is 1. The highest BCUT2D eigenvalue weighted by atomic mass is 16.6. The summed E-state index contributed by atoms with van der Waals surface area (Å²) in [6.07, 6.45) is 0. The van der Waals surface area contributed by atoms with Crippen molar-refractivity contribution in [1.82, 2.24) is 14.9 Å². The number of fused-ring (bicyclic) bond motifs is 1. The molecule has 0 spiro atoms. The van der Waals surface area contributed by atoms with Crippen molar-refractivity contribution >= 4 is 22.6 Å². The van der Waals surface area contributed by atoms with Crippen molar-refractivity contribution in [2.24, 2.45) is 0 Å². The number of rotatable bonds is 9. The van der Waals surface area contributed by atoms with Crippen LogP contribution in [0.2, 0.25) is 0 Å². The van der Waals surface area contributed by atoms with Gasteiger partial charge in [0.15, 0.2) is 11.5 Å². The fraction of sp³-hybridized carbons (Fsp3) is 0.231. The summed E-state index contributed by atoms with van der Waals surface area (Å²) in [7, 11) is 4.47. The molecule has 186 valence electrons. The number of hydrogen-bond donors (Lipinski definition) is 1. The van der Waals surface area contributed by atoms with E-state index in [1.807, 2.05) is 35.8 Å². The highest BCUT2D eigenvalue weighted by Gasteiger charge is 2.22. The van der Waals surface area contributed by atoms with Gasteiger partial charge in [0.1, 0.15) is 5.82 Å². The van der Waals surface area contributed by atoms with Crippen LogP contribution in [0.1, 0.15) is 34.7 Å². The zero-order chi connectivity index (χ0) is 25.8. The summed E-state index contributed by atoms with van der Waals surface area (Å²) < 4.78 is 18.1. The van der Waals surface area contributed by atoms with E-state index >= 15 is 0 Å². The van der Waals surface area contributed by atoms with Crippen LogP contribution in [-0.2, 0) is 6.54 Å². The van der Waals surface area contributed by atoms with Gasteiger partial charge in [0, 0.05) is 24.2 Å². The van der Waals surface area contributed by atoms with Crippen molar-refractivity contribution in [3.05, 3.63) is 87.7 Å². The number of ether oxygens (including phenoxy) is 3. The Morgan fingerprint density at radius 3 is 2.25 bits per heavy atom. The Morgan fingerprint density at radius 2 is 1.67 bits per heavy atom. The molecule has 10 nitrogen and oxygen atoms in total. The average molecular weight is 491 g/mol. The minimum absolute atomic E-state index is 0.0282. The summed E-state index contributed by atoms with van der Waals surface area (Å²) in [5, 5.41) is 14.0. The number of hydrogen-bond acceptors (Lipinski definition) is 7. The standard InChI is InChI=1S/C26H26N4O6/c1-16(27-26(31)18-13-22(34-2)24(36-4)23(14-18)35-3)25-28-20-7-5-6-8-21(20)29(25)15-17-9-11-19(12-10-17)30(32)33/h5-14,16H,15H2,1-4H3,(H,27,31). The first-order valence-corrected chi connectivity index (χ1v) is 11.2. The second-order valence-electron chi connectivity index (χ2n) is 8.08. The first-order chi connectivity index (χ1) is 17.4. The number of nitrogens with one attached hydrogen (secondary N) is 1. The van der Waals surface area contributed by atoms with Crippen LogP contribution in [0, 0.1) is 10.1 Å². The number of benzene rings is 3. The number of para-hydroxylation sites is 2. The summed E-state index contributed by atoms with van der Waals surface area (Å²) >= 11 is 0. The van der Waals surface area contributed by atoms with Crippen molar-refractivity contribution < 1.29 is 23.9 Å². The molecule has 0 saturated heterocycles. The predicted molar refractivity (Wildman–Crippen MR) is 134 cm³/mol. The topological polar surface area (TPSA) is 118 Å². The van der Waals surface area contributed by atoms with Gasteiger partial charge in [-0.3, -0.25) is 14.9 Å². The van der Waals surface area contributed by atoms with E-state index < -0.39 is 11.0 Å². The van der Waals surface area contributed by atoms with Gasteiger partial charge in [0.2, 0.25) is 5.75 Å². The number of imidazole rings is 1. The van der Waals surface area contributed by atoms with E-state index in [1.54, 1.807) is 24.3 Å². The molecule has 3 aromatic carbocycles. The molecule has 0 fully saturated rings. The first-order valence-electron chi connectivity index (χ1n) is 11.2. The van der Waals surface area contributed by atoms with E-state index in [4.69, 9.17) is 19.2 Å². The van der Waals surface area contributed by atoms with E-state index in [1.165, 1.54) is 33.5 Å². The third kappa shape index (κ3) is 4.78. The lowest BCUT2D eigenvalue weighted by molar-refractivity contribution is -0.384. The largest absolute Gasteiger partial charge is 0.493 e. The summed E-state index contributed by atoms with van der Waals surface area (Å²) in [6, 6.07) is 16.8. The molecule has 1 heterocycles. The van der Waals surface area contributed by atoms with Crippen molar-refractivity contribution in [1.29, 1.82) is 0 Å². The summed E-state index contributed by atoms with van der Waals surface area (Å²) in [4.78, 5) is 28.5. The van der Waals surface area contributed by atoms with Gasteiger partial charge < -0.3 is 24.1 Å². The number of aromatic nitrogens is 2. The average Bonchev–Trinajstić information content (AvgIpc) is 3.26. The van der Waals surface area contributed by atoms with Crippen LogP contribution in [0.15, 0.2) is 60.7 Å². The number of carbonyl (C=O) groups is 1. The Balaban J connectivity index is 1.65. The molecule has 10 heteroatoms. The molecule has 4 rings (SSSR count). The Morgan fingerprint density at radius 1 is 1.03 bits per heavy atom. The number of non-ortho nitro benzene ring substituents is 1. The minimum Gasteiger partial charge on any atom is -0.493 e. The van der Waals surface area contributed by atoms with E-state index in [-0.39, 0.29) is 11.6 Å². The van der Waals surface area contributed by atoms with Crippen LogP contribution < -0.4 is 19.5 Å². The molecule has 0 aliphatic heterocycles. The SMILES string of the molecule is COc1cc(C(=O)NC(C)c2nc3ccccc3n2Cc2ccc([N+](=O)[O-])cc2)cc(OC)c1OC. The Labute approximate surface area is 207 Å². The molecule has 0 radical (unpaired) electrons. The molecule has 0 saturated carbocycles. The van der Waals surface area contributed by atoms with Crippen molar-refractivity contribution in [3.8, 4) is 17.2 Å². The fourth-order valence-electron chi connectivity index (χ4n) is 4.05. The molecule has 0 aliphatic rings. The smallest absolute Gasteiger partial charge is 0.269 e. The van der Waals surface area contributed by atoms with E-state index in [2.05, 4.69) is 5.32 Å². The summed E-state index contributed by atoms with van der Waals surface area (Å²) in [6.45, 7) is 2.28. The zero-order valence-corrected chi connectivity index (χ0v) is 20.3. The number of nitro benzene ring substituents is 1. The van der Waals surface area contributed by atoms with Gasteiger partial charge in [-0.05, 0) is 36.8 Å². The van der Waals surface area contributed by atoms with E-state index in [0.717, 1.165) is 16.6 Å². The highest BCUT2D eigenvalue weighted by molar-refractivity contribution is 5.96. The molecule has 0 bridgehead atoms. The molecule has 1 atom stereocenters. The van der Waals surface area contributed by atoms with Gasteiger partial charge in [0.05, 0.1) is 43.3 Å². The second kappa shape index (κ2) is 10.3. The Hall–Kier alpha value is -4.60. The van der Waals surface area contributed by atoms with Gasteiger partial charge >= 0.3 is 0 Å². The highest BCUT2D eigenvalue weighted by Crippen LogP contribution is 2.38. The molecular weight excluding hydrogens is 464 g/mol. The lowest BCUT2D eigenvalue weighted by atomic mass is 10.1. The summed E-state index contributed by atoms with van der Waals surface area (Å²) in [5.74, 6) is 1.46. The third-order valence-corrected chi connectivity index (χ3v) is 5.83. The monoisotopic (exact) mass is 490 g/mol. The van der Waals surface area contributed by atoms with Crippen LogP contribution in [0.4, 0.5) is 5.69 Å². The van der Waals surface area contributed by atoms with Crippen LogP contribution in [0.5, 0.6) is 17.2 Å². The molecule has 1 aromatic heterocycles. The van der Waals surface area contributed by atoms with Crippen molar-refractivity contribution in [3.63, 3.8) is 0 Å². The van der Waals surface area contributed by atoms with Gasteiger partial charge in [-0.25, -0.2) is 4.98 Å². The minimum atomic E-state index is -0.456. The van der Waals surface area contributed by atoms with E-state index in [9.17, 15) is 14.9 Å². The van der Waals surface area contributed by atoms with Gasteiger partial charge in [0.25, 0.3) is 11.6 Å². The molecule has 1 N–H and O–H groups in total. The molecular formula is C26H26N4O6. The molecule has 1 amide bonds. The normalized spacial score (nSPS) is 11.7. The predicted octanol–water partition coefficient (Wildman–Crippen LogP) is 4.51. The van der Waals surface area contributed by atoms with E-state index in [0.29, 0.717) is 35.2 Å². The van der Waals surface area contributed by atoms with Gasteiger partial charge in [-0.1, -0.05) is 24.3 Å². The lowest BCUT2D eigenvalue weighted by Gasteiger charge is -2.18. The van der Waals surface area contributed by atoms with Crippen LogP contribution in [0.25, 0.3) is 11.0 Å². The molecule has 0 aliphatic carbocycles. The number of carbonyl (C=O) groups excluding carboxylic acids is 1. The maximum atomic E-state index is 13.2. The Kier molecular flexibility index (Phi) is 7.05. The maximum absolute atomic E-state index is 13.2. The third-order valence-electron chi connectivity index (χ3n) is 5.83. The maximum Gasteiger partial charge on any atom is 0.269 e. The molecule has 1 unspecified atom stereocenters. The van der Waals surface area contributed by atoms with Crippen molar-refractivity contribution in [2.75, 3.05) is 21.3 Å². The number of methoxy groups -OCH3 is 3. The first kappa shape index (κ1) is 24.5. The molecule has 4 aromatic rings. The number of nitrogens with zero attached hydrogens (tertiary/aromatic N) is 3. The molecule has 36 heavy (non-hydrogen) atoms. The van der Waals surface area contributed by atoms with Gasteiger partial charge in [-0.2, -0.15) is 0 Å². The van der Waals surface area contributed by atoms with Gasteiger partial charge in [-0.15, -0.1) is 0 Å². The van der Waals surface area contributed by atoms with Crippen LogP contribution >= 0.6 is 0 Å². The Bertz CT molecular complexity index is 1390. The number of nitro groups is 1. The van der Waals surface area contributed by atoms with Crippen LogP contribution in [0.3, 0.4) is 0 Å². The quantitative estimate of drug-likeness (QED) is 0.271. The zero-order valence-electron chi connectivity index (χ0n) is 20.3. The van der Waals surface area contributed by atoms with Crippen LogP contribution in [-0.4, -0.2) is 41.7 Å².